The zero-order valence-corrected chi connectivity index (χ0v) is 8.61. The molecule has 4 nitrogen and oxygen atoms in total. The van der Waals surface area contributed by atoms with Crippen molar-refractivity contribution in [3.63, 3.8) is 0 Å². The van der Waals surface area contributed by atoms with Crippen LogP contribution in [0.1, 0.15) is 12.8 Å². The van der Waals surface area contributed by atoms with E-state index in [4.69, 9.17) is 10.5 Å². The highest BCUT2D eigenvalue weighted by molar-refractivity contribution is 5.75. The molecule has 14 heavy (non-hydrogen) atoms. The van der Waals surface area contributed by atoms with Crippen LogP contribution >= 0.6 is 0 Å². The number of carbonyl (C=O) groups is 1. The summed E-state index contributed by atoms with van der Waals surface area (Å²) < 4.78 is 4.69. The number of nitrogens with zero attached hydrogens (tertiary/aromatic N) is 1. The van der Waals surface area contributed by atoms with E-state index in [0.717, 1.165) is 6.54 Å². The van der Waals surface area contributed by atoms with E-state index in [-0.39, 0.29) is 5.97 Å². The summed E-state index contributed by atoms with van der Waals surface area (Å²) in [6.45, 7) is 3.32. The van der Waals surface area contributed by atoms with Gasteiger partial charge in [-0.3, -0.25) is 4.79 Å². The molecule has 3 heterocycles. The Balaban J connectivity index is 2.01. The third kappa shape index (κ3) is 1.64. The highest BCUT2D eigenvalue weighted by Gasteiger charge is 2.39. The van der Waals surface area contributed by atoms with E-state index < -0.39 is 6.04 Å². The molecule has 0 spiro atoms. The number of ether oxygens (including phenoxy) is 1. The first kappa shape index (κ1) is 9.93. The molecule has 0 saturated carbocycles. The number of hydrogen-bond acceptors (Lipinski definition) is 4. The molecule has 1 unspecified atom stereocenters. The fourth-order valence-corrected chi connectivity index (χ4v) is 2.73. The average Bonchev–Trinajstić information content (AvgIpc) is 2.28. The summed E-state index contributed by atoms with van der Waals surface area (Å²) in [5.41, 5.74) is 5.89. The molecule has 3 rings (SSSR count). The van der Waals surface area contributed by atoms with Gasteiger partial charge in [-0.15, -0.1) is 0 Å². The molecule has 0 aliphatic carbocycles. The molecular formula is C10H18N2O2. The zero-order valence-electron chi connectivity index (χ0n) is 8.61. The summed E-state index contributed by atoms with van der Waals surface area (Å²) in [5, 5.41) is 0. The second-order valence-corrected chi connectivity index (χ2v) is 4.35. The predicted molar refractivity (Wildman–Crippen MR) is 52.6 cm³/mol. The Bertz CT molecular complexity index is 224. The Labute approximate surface area is 84.4 Å². The minimum Gasteiger partial charge on any atom is -0.468 e. The first-order chi connectivity index (χ1) is 6.72. The van der Waals surface area contributed by atoms with Crippen molar-refractivity contribution >= 4 is 5.97 Å². The van der Waals surface area contributed by atoms with Crippen molar-refractivity contribution in [3.8, 4) is 0 Å². The fraction of sp³-hybridized carbons (Fsp3) is 0.900. The zero-order chi connectivity index (χ0) is 10.1. The minimum atomic E-state index is -0.423. The van der Waals surface area contributed by atoms with E-state index in [1.165, 1.54) is 33.0 Å². The number of methoxy groups -OCH3 is 1. The highest BCUT2D eigenvalue weighted by Crippen LogP contribution is 2.33. The standard InChI is InChI=1S/C10H18N2O2/c1-14-10(13)9(11)8-6-12-4-2-7(8)3-5-12/h7-9H,2-6,11H2,1H3/t8?,9-/m1/s1. The van der Waals surface area contributed by atoms with Gasteiger partial charge in [0.25, 0.3) is 0 Å². The second kappa shape index (κ2) is 3.87. The number of carbonyl (C=O) groups excluding carboxylic acids is 1. The van der Waals surface area contributed by atoms with Crippen LogP contribution in [0.5, 0.6) is 0 Å². The minimum absolute atomic E-state index is 0.260. The molecule has 4 heteroatoms. The van der Waals surface area contributed by atoms with Gasteiger partial charge < -0.3 is 15.4 Å². The quantitative estimate of drug-likeness (QED) is 0.626. The van der Waals surface area contributed by atoms with Gasteiger partial charge >= 0.3 is 5.97 Å². The molecule has 80 valence electrons. The van der Waals surface area contributed by atoms with Gasteiger partial charge in [0.2, 0.25) is 0 Å². The normalized spacial score (nSPS) is 38.0. The van der Waals surface area contributed by atoms with Crippen LogP contribution in [0.2, 0.25) is 0 Å². The van der Waals surface area contributed by atoms with Crippen molar-refractivity contribution in [1.82, 2.24) is 4.90 Å². The lowest BCUT2D eigenvalue weighted by molar-refractivity contribution is -0.145. The van der Waals surface area contributed by atoms with E-state index in [1.54, 1.807) is 0 Å². The maximum atomic E-state index is 11.3. The van der Waals surface area contributed by atoms with E-state index in [9.17, 15) is 4.79 Å². The molecule has 3 aliphatic heterocycles. The van der Waals surface area contributed by atoms with E-state index >= 15 is 0 Å². The maximum Gasteiger partial charge on any atom is 0.322 e. The maximum absolute atomic E-state index is 11.3. The van der Waals surface area contributed by atoms with Crippen molar-refractivity contribution in [2.75, 3.05) is 26.7 Å². The van der Waals surface area contributed by atoms with Crippen LogP contribution in [-0.2, 0) is 9.53 Å². The number of nitrogens with two attached hydrogens (primary N) is 1. The van der Waals surface area contributed by atoms with Gasteiger partial charge in [0.15, 0.2) is 0 Å². The lowest BCUT2D eigenvalue weighted by Gasteiger charge is -2.46. The van der Waals surface area contributed by atoms with Gasteiger partial charge in [0.1, 0.15) is 6.04 Å². The van der Waals surface area contributed by atoms with Crippen molar-refractivity contribution in [2.45, 2.75) is 18.9 Å². The lowest BCUT2D eigenvalue weighted by Crippen LogP contribution is -2.55. The van der Waals surface area contributed by atoms with E-state index in [1.807, 2.05) is 0 Å². The number of hydrogen-bond donors (Lipinski definition) is 1. The summed E-state index contributed by atoms with van der Waals surface area (Å²) in [5.74, 6) is 0.683. The van der Waals surface area contributed by atoms with Crippen LogP contribution in [0.4, 0.5) is 0 Å². The monoisotopic (exact) mass is 198 g/mol. The lowest BCUT2D eigenvalue weighted by atomic mass is 9.75. The molecule has 0 aromatic heterocycles. The first-order valence-electron chi connectivity index (χ1n) is 5.28. The molecule has 2 N–H and O–H groups in total. The third-order valence-corrected chi connectivity index (χ3v) is 3.64. The molecule has 0 aromatic carbocycles. The Morgan fingerprint density at radius 2 is 2.14 bits per heavy atom. The highest BCUT2D eigenvalue weighted by atomic mass is 16.5. The van der Waals surface area contributed by atoms with Crippen LogP contribution < -0.4 is 5.73 Å². The summed E-state index contributed by atoms with van der Waals surface area (Å²) in [6, 6.07) is -0.423. The third-order valence-electron chi connectivity index (χ3n) is 3.64. The summed E-state index contributed by atoms with van der Waals surface area (Å²) in [7, 11) is 1.41. The topological polar surface area (TPSA) is 55.6 Å². The van der Waals surface area contributed by atoms with Crippen molar-refractivity contribution in [2.24, 2.45) is 17.6 Å². The SMILES string of the molecule is COC(=O)[C@H](N)C1CN2CCC1CC2. The summed E-state index contributed by atoms with van der Waals surface area (Å²) in [6.07, 6.45) is 2.38. The summed E-state index contributed by atoms with van der Waals surface area (Å²) >= 11 is 0. The van der Waals surface area contributed by atoms with Gasteiger partial charge in [-0.05, 0) is 31.8 Å². The van der Waals surface area contributed by atoms with Crippen LogP contribution in [0.25, 0.3) is 0 Å². The van der Waals surface area contributed by atoms with Gasteiger partial charge in [-0.1, -0.05) is 0 Å². The smallest absolute Gasteiger partial charge is 0.322 e. The molecule has 3 saturated heterocycles. The van der Waals surface area contributed by atoms with Gasteiger partial charge in [-0.2, -0.15) is 0 Å². The molecule has 0 aromatic rings. The summed E-state index contributed by atoms with van der Waals surface area (Å²) in [4.78, 5) is 13.7. The number of esters is 1. The molecule has 0 radical (unpaired) electrons. The van der Waals surface area contributed by atoms with E-state index in [2.05, 4.69) is 4.90 Å². The molecular weight excluding hydrogens is 180 g/mol. The van der Waals surface area contributed by atoms with Gasteiger partial charge in [0, 0.05) is 12.5 Å². The van der Waals surface area contributed by atoms with Gasteiger partial charge in [0.05, 0.1) is 7.11 Å². The first-order valence-corrected chi connectivity index (χ1v) is 5.28. The van der Waals surface area contributed by atoms with Crippen molar-refractivity contribution < 1.29 is 9.53 Å². The van der Waals surface area contributed by atoms with Crippen molar-refractivity contribution in [1.29, 1.82) is 0 Å². The molecule has 3 fully saturated rings. The van der Waals surface area contributed by atoms with Crippen LogP contribution in [-0.4, -0.2) is 43.7 Å². The molecule has 3 aliphatic rings. The number of fused-ring (bicyclic) bond motifs is 3. The second-order valence-electron chi connectivity index (χ2n) is 4.35. The Morgan fingerprint density at radius 1 is 1.50 bits per heavy atom. The van der Waals surface area contributed by atoms with E-state index in [0.29, 0.717) is 11.8 Å². The average molecular weight is 198 g/mol. The Kier molecular flexibility index (Phi) is 2.74. The van der Waals surface area contributed by atoms with Crippen LogP contribution in [0.15, 0.2) is 0 Å². The molecule has 2 atom stereocenters. The fourth-order valence-electron chi connectivity index (χ4n) is 2.73. The number of piperidine rings is 3. The predicted octanol–water partition coefficient (Wildman–Crippen LogP) is -0.171. The van der Waals surface area contributed by atoms with Gasteiger partial charge in [-0.25, -0.2) is 0 Å². The molecule has 2 bridgehead atoms. The van der Waals surface area contributed by atoms with Crippen molar-refractivity contribution in [3.05, 3.63) is 0 Å². The number of rotatable bonds is 2. The molecule has 0 amide bonds. The van der Waals surface area contributed by atoms with Crippen LogP contribution in [0.3, 0.4) is 0 Å². The van der Waals surface area contributed by atoms with Crippen LogP contribution in [0, 0.1) is 11.8 Å². The Morgan fingerprint density at radius 3 is 2.57 bits per heavy atom. The largest absolute Gasteiger partial charge is 0.468 e. The Hall–Kier alpha value is -0.610.